The first-order chi connectivity index (χ1) is 15.6. The maximum atomic E-state index is 13.9. The minimum Gasteiger partial charge on any atom is -0.368 e. The van der Waals surface area contributed by atoms with Crippen LogP contribution in [0.5, 0.6) is 0 Å². The predicted molar refractivity (Wildman–Crippen MR) is 124 cm³/mol. The van der Waals surface area contributed by atoms with Crippen LogP contribution >= 0.6 is 23.4 Å². The molecule has 7 nitrogen and oxygen atoms in total. The van der Waals surface area contributed by atoms with Crippen LogP contribution in [0, 0.1) is 11.3 Å². The number of nitriles is 1. The zero-order valence-corrected chi connectivity index (χ0v) is 18.6. The fraction of sp³-hybridized carbons (Fsp3) is 0.261. The lowest BCUT2D eigenvalue weighted by molar-refractivity contribution is 0.0636. The first kappa shape index (κ1) is 20.7. The number of halogens is 1. The van der Waals surface area contributed by atoms with E-state index in [0.717, 1.165) is 18.7 Å². The molecule has 2 aliphatic heterocycles. The van der Waals surface area contributed by atoms with Crippen molar-refractivity contribution in [1.82, 2.24) is 19.9 Å². The summed E-state index contributed by atoms with van der Waals surface area (Å²) in [6.07, 6.45) is 6.87. The van der Waals surface area contributed by atoms with Crippen molar-refractivity contribution in [1.29, 1.82) is 5.26 Å². The van der Waals surface area contributed by atoms with Gasteiger partial charge in [0.25, 0.3) is 5.91 Å². The molecule has 0 aliphatic carbocycles. The number of hydrogen-bond acceptors (Lipinski definition) is 7. The van der Waals surface area contributed by atoms with E-state index in [1.165, 1.54) is 0 Å². The van der Waals surface area contributed by atoms with Gasteiger partial charge >= 0.3 is 0 Å². The Bertz CT molecular complexity index is 1180. The Balaban J connectivity index is 1.45. The number of carbonyl (C=O) groups excluding carboxylic acids is 1. The third-order valence-corrected chi connectivity index (χ3v) is 7.26. The summed E-state index contributed by atoms with van der Waals surface area (Å²) in [4.78, 5) is 28.8. The van der Waals surface area contributed by atoms with Crippen LogP contribution in [0.25, 0.3) is 11.4 Å². The lowest BCUT2D eigenvalue weighted by atomic mass is 9.97. The van der Waals surface area contributed by atoms with Gasteiger partial charge in [0.15, 0.2) is 5.82 Å². The van der Waals surface area contributed by atoms with Crippen molar-refractivity contribution < 1.29 is 4.79 Å². The normalized spacial score (nSPS) is 21.4. The minimum absolute atomic E-state index is 0.00603. The number of thioether (sulfide) groups is 1. The Hall–Kier alpha value is -3.15. The minimum atomic E-state index is -0.0971. The number of hydrogen-bond donors (Lipinski definition) is 1. The molecule has 1 aromatic carbocycles. The number of rotatable bonds is 5. The Morgan fingerprint density at radius 1 is 1.22 bits per heavy atom. The van der Waals surface area contributed by atoms with Crippen LogP contribution in [0.15, 0.2) is 55.0 Å². The summed E-state index contributed by atoms with van der Waals surface area (Å²) in [5, 5.41) is 14.0. The summed E-state index contributed by atoms with van der Waals surface area (Å²) in [6, 6.07) is 12.6. The lowest BCUT2D eigenvalue weighted by Gasteiger charge is -2.35. The average molecular weight is 463 g/mol. The molecule has 2 aromatic heterocycles. The quantitative estimate of drug-likeness (QED) is 0.567. The number of nitrogens with zero attached hydrogens (tertiary/aromatic N) is 5. The van der Waals surface area contributed by atoms with E-state index in [2.05, 4.69) is 26.3 Å². The summed E-state index contributed by atoms with van der Waals surface area (Å²) >= 11 is 7.75. The molecule has 2 fully saturated rings. The number of aromatic nitrogens is 3. The Morgan fingerprint density at radius 3 is 2.81 bits per heavy atom. The monoisotopic (exact) mass is 462 g/mol. The van der Waals surface area contributed by atoms with Gasteiger partial charge in [-0.1, -0.05) is 11.6 Å². The maximum Gasteiger partial charge on any atom is 0.255 e. The number of anilines is 1. The smallest absolute Gasteiger partial charge is 0.255 e. The summed E-state index contributed by atoms with van der Waals surface area (Å²) in [6.45, 7) is 0.583. The molecule has 0 bridgehead atoms. The second-order valence-electron chi connectivity index (χ2n) is 7.70. The molecule has 2 aliphatic rings. The topological polar surface area (TPSA) is 94.8 Å². The molecule has 2 saturated heterocycles. The summed E-state index contributed by atoms with van der Waals surface area (Å²) in [5.41, 5.74) is 1.52. The highest BCUT2D eigenvalue weighted by Gasteiger charge is 2.51. The first-order valence-electron chi connectivity index (χ1n) is 10.3. The molecule has 160 valence electrons. The number of nitrogens with one attached hydrogen (secondary N) is 1. The van der Waals surface area contributed by atoms with Gasteiger partial charge in [0.05, 0.1) is 33.6 Å². The fourth-order valence-corrected chi connectivity index (χ4v) is 5.36. The molecule has 0 saturated carbocycles. The van der Waals surface area contributed by atoms with Crippen LogP contribution in [0.3, 0.4) is 0 Å². The van der Waals surface area contributed by atoms with Gasteiger partial charge in [-0.05, 0) is 49.2 Å². The highest BCUT2D eigenvalue weighted by atomic mass is 35.5. The number of amides is 1. The molecule has 4 heterocycles. The molecule has 0 spiro atoms. The van der Waals surface area contributed by atoms with E-state index in [1.807, 2.05) is 22.7 Å². The number of carbonyl (C=O) groups is 1. The number of piperidine rings is 1. The van der Waals surface area contributed by atoms with Gasteiger partial charge in [-0.3, -0.25) is 4.79 Å². The van der Waals surface area contributed by atoms with Gasteiger partial charge < -0.3 is 10.2 Å². The summed E-state index contributed by atoms with van der Waals surface area (Å²) in [7, 11) is 0. The van der Waals surface area contributed by atoms with Crippen LogP contribution in [-0.2, 0) is 0 Å². The van der Waals surface area contributed by atoms with Crippen molar-refractivity contribution in [2.24, 2.45) is 0 Å². The Morgan fingerprint density at radius 2 is 2.06 bits per heavy atom. The van der Waals surface area contributed by atoms with Crippen molar-refractivity contribution >= 4 is 35.1 Å². The van der Waals surface area contributed by atoms with Crippen LogP contribution < -0.4 is 5.32 Å². The Labute approximate surface area is 194 Å². The van der Waals surface area contributed by atoms with E-state index in [-0.39, 0.29) is 17.3 Å². The van der Waals surface area contributed by atoms with Gasteiger partial charge in [-0.25, -0.2) is 15.0 Å². The zero-order valence-electron chi connectivity index (χ0n) is 17.0. The maximum absolute atomic E-state index is 13.9. The second kappa shape index (κ2) is 8.77. The molecule has 1 unspecified atom stereocenters. The van der Waals surface area contributed by atoms with Crippen LogP contribution in [0.2, 0.25) is 5.02 Å². The molecular formula is C23H19ClN6OS. The largest absolute Gasteiger partial charge is 0.368 e. The highest BCUT2D eigenvalue weighted by molar-refractivity contribution is 8.07. The SMILES string of the molecule is N#Cc1ccc(-c2ncccn2)c(C(=O)N2C(CNc3ccc(Cl)cn3)CC[C@H]3S[C@H]32)c1. The predicted octanol–water partition coefficient (Wildman–Crippen LogP) is 4.22. The van der Waals surface area contributed by atoms with Crippen LogP contribution in [0.1, 0.15) is 28.8 Å². The van der Waals surface area contributed by atoms with E-state index in [0.29, 0.717) is 39.3 Å². The van der Waals surface area contributed by atoms with E-state index < -0.39 is 0 Å². The van der Waals surface area contributed by atoms with E-state index in [1.54, 1.807) is 48.9 Å². The van der Waals surface area contributed by atoms with Crippen molar-refractivity contribution in [2.45, 2.75) is 29.5 Å². The fourth-order valence-electron chi connectivity index (χ4n) is 4.04. The van der Waals surface area contributed by atoms with Crippen LogP contribution in [0.4, 0.5) is 5.82 Å². The van der Waals surface area contributed by atoms with Crippen molar-refractivity contribution in [3.05, 3.63) is 71.1 Å². The highest BCUT2D eigenvalue weighted by Crippen LogP contribution is 2.51. The van der Waals surface area contributed by atoms with Gasteiger partial charge in [0, 0.05) is 35.9 Å². The number of fused-ring (bicyclic) bond motifs is 1. The van der Waals surface area contributed by atoms with Crippen LogP contribution in [-0.4, -0.2) is 49.0 Å². The van der Waals surface area contributed by atoms with Gasteiger partial charge in [0.1, 0.15) is 5.82 Å². The molecule has 5 rings (SSSR count). The summed E-state index contributed by atoms with van der Waals surface area (Å²) < 4.78 is 0. The van der Waals surface area contributed by atoms with E-state index >= 15 is 0 Å². The standard InChI is InChI=1S/C23H19ClN6OS/c24-15-3-7-20(28-12-15)29-13-16-4-6-19-23(32-19)30(16)22(31)18-10-14(11-25)2-5-17(18)21-26-8-1-9-27-21/h1-3,5,7-10,12,16,19,23H,4,6,13H2,(H,28,29)/t16?,19-,23-/m1/s1. The number of pyridine rings is 1. The van der Waals surface area contributed by atoms with Crippen molar-refractivity contribution in [2.75, 3.05) is 11.9 Å². The third kappa shape index (κ3) is 4.14. The molecule has 1 amide bonds. The van der Waals surface area contributed by atoms with E-state index in [4.69, 9.17) is 11.6 Å². The molecule has 1 N–H and O–H groups in total. The van der Waals surface area contributed by atoms with Gasteiger partial charge in [0.2, 0.25) is 0 Å². The Kier molecular flexibility index (Phi) is 5.68. The van der Waals surface area contributed by atoms with Crippen molar-refractivity contribution in [3.63, 3.8) is 0 Å². The molecule has 3 atom stereocenters. The number of likely N-dealkylation sites (tertiary alicyclic amines) is 1. The number of benzene rings is 1. The summed E-state index contributed by atoms with van der Waals surface area (Å²) in [5.74, 6) is 1.09. The molecule has 9 heteroatoms. The lowest BCUT2D eigenvalue weighted by Crippen LogP contribution is -2.49. The second-order valence-corrected chi connectivity index (χ2v) is 9.49. The molecule has 32 heavy (non-hydrogen) atoms. The average Bonchev–Trinajstić information content (AvgIpc) is 3.63. The molecular weight excluding hydrogens is 444 g/mol. The van der Waals surface area contributed by atoms with Gasteiger partial charge in [-0.2, -0.15) is 5.26 Å². The third-order valence-electron chi connectivity index (χ3n) is 5.67. The van der Waals surface area contributed by atoms with Gasteiger partial charge in [-0.15, -0.1) is 11.8 Å². The molecule has 0 radical (unpaired) electrons. The first-order valence-corrected chi connectivity index (χ1v) is 11.6. The molecule has 3 aromatic rings. The van der Waals surface area contributed by atoms with Crippen molar-refractivity contribution in [3.8, 4) is 17.5 Å². The van der Waals surface area contributed by atoms with E-state index in [9.17, 15) is 10.1 Å². The zero-order chi connectivity index (χ0) is 22.1.